The monoisotopic (exact) mass is 325 g/mol. The Morgan fingerprint density at radius 1 is 1.47 bits per heavy atom. The van der Waals surface area contributed by atoms with Crippen molar-refractivity contribution in [3.8, 4) is 0 Å². The van der Waals surface area contributed by atoms with E-state index in [0.29, 0.717) is 23.0 Å². The highest BCUT2D eigenvalue weighted by atomic mass is 79.9. The number of amides is 1. The van der Waals surface area contributed by atoms with Crippen LogP contribution >= 0.6 is 15.9 Å². The van der Waals surface area contributed by atoms with Crippen molar-refractivity contribution < 1.29 is 9.18 Å². The molecule has 19 heavy (non-hydrogen) atoms. The quantitative estimate of drug-likeness (QED) is 0.937. The fraction of sp³-hybridized carbons (Fsp3) is 0.231. The van der Waals surface area contributed by atoms with Crippen LogP contribution in [0.2, 0.25) is 0 Å². The van der Waals surface area contributed by atoms with Crippen LogP contribution in [-0.2, 0) is 13.5 Å². The zero-order chi connectivity index (χ0) is 13.8. The molecule has 1 amide bonds. The minimum atomic E-state index is -0.432. The van der Waals surface area contributed by atoms with Crippen LogP contribution in [0.5, 0.6) is 0 Å². The van der Waals surface area contributed by atoms with E-state index in [9.17, 15) is 9.18 Å². The number of nitrogens with one attached hydrogen (secondary N) is 1. The highest BCUT2D eigenvalue weighted by molar-refractivity contribution is 9.10. The first-order valence-corrected chi connectivity index (χ1v) is 6.57. The molecule has 0 atom stereocenters. The number of aromatic nitrogens is 2. The van der Waals surface area contributed by atoms with Gasteiger partial charge in [0, 0.05) is 30.7 Å². The maximum absolute atomic E-state index is 13.1. The van der Waals surface area contributed by atoms with Crippen LogP contribution in [0, 0.1) is 5.82 Å². The second-order valence-electron chi connectivity index (χ2n) is 4.11. The highest BCUT2D eigenvalue weighted by Gasteiger charge is 2.10. The van der Waals surface area contributed by atoms with Gasteiger partial charge in [0.25, 0.3) is 5.91 Å². The number of aryl methyl sites for hydroxylation is 1. The maximum atomic E-state index is 13.1. The molecule has 0 radical (unpaired) electrons. The van der Waals surface area contributed by atoms with Gasteiger partial charge in [-0.3, -0.25) is 9.48 Å². The third-order valence-corrected chi connectivity index (χ3v) is 3.30. The van der Waals surface area contributed by atoms with Gasteiger partial charge in [0.2, 0.25) is 0 Å². The summed E-state index contributed by atoms with van der Waals surface area (Å²) in [6.45, 7) is 0.457. The standard InChI is InChI=1S/C13H13BrFN3O/c1-18-7-5-10(17-18)4-6-16-13(19)11-8-9(15)2-3-12(11)14/h2-3,5,7-8H,4,6H2,1H3,(H,16,19). The number of hydrogen-bond donors (Lipinski definition) is 1. The van der Waals surface area contributed by atoms with Gasteiger partial charge in [-0.1, -0.05) is 0 Å². The largest absolute Gasteiger partial charge is 0.352 e. The fourth-order valence-electron chi connectivity index (χ4n) is 1.67. The Morgan fingerprint density at radius 2 is 2.26 bits per heavy atom. The summed E-state index contributed by atoms with van der Waals surface area (Å²) < 4.78 is 15.4. The van der Waals surface area contributed by atoms with E-state index >= 15 is 0 Å². The van der Waals surface area contributed by atoms with Gasteiger partial charge in [-0.05, 0) is 40.2 Å². The Balaban J connectivity index is 1.92. The molecule has 100 valence electrons. The molecule has 0 aliphatic carbocycles. The molecular weight excluding hydrogens is 313 g/mol. The van der Waals surface area contributed by atoms with Gasteiger partial charge in [0.15, 0.2) is 0 Å². The lowest BCUT2D eigenvalue weighted by molar-refractivity contribution is 0.0953. The van der Waals surface area contributed by atoms with Crippen LogP contribution < -0.4 is 5.32 Å². The molecule has 4 nitrogen and oxygen atoms in total. The minimum absolute atomic E-state index is 0.293. The van der Waals surface area contributed by atoms with E-state index in [-0.39, 0.29) is 5.91 Å². The minimum Gasteiger partial charge on any atom is -0.352 e. The van der Waals surface area contributed by atoms with Crippen molar-refractivity contribution in [3.05, 3.63) is 52.0 Å². The normalized spacial score (nSPS) is 10.5. The molecule has 6 heteroatoms. The highest BCUT2D eigenvalue weighted by Crippen LogP contribution is 2.17. The van der Waals surface area contributed by atoms with E-state index in [1.165, 1.54) is 18.2 Å². The molecule has 0 spiro atoms. The Labute approximate surface area is 118 Å². The van der Waals surface area contributed by atoms with Crippen molar-refractivity contribution in [1.29, 1.82) is 0 Å². The summed E-state index contributed by atoms with van der Waals surface area (Å²) in [6.07, 6.45) is 2.49. The molecule has 0 saturated heterocycles. The van der Waals surface area contributed by atoms with Gasteiger partial charge in [-0.25, -0.2) is 4.39 Å². The number of hydrogen-bond acceptors (Lipinski definition) is 2. The predicted molar refractivity (Wildman–Crippen MR) is 73.3 cm³/mol. The lowest BCUT2D eigenvalue weighted by Gasteiger charge is -2.06. The predicted octanol–water partition coefficient (Wildman–Crippen LogP) is 2.29. The van der Waals surface area contributed by atoms with E-state index in [4.69, 9.17) is 0 Å². The number of carbonyl (C=O) groups excluding carboxylic acids is 1. The lowest BCUT2D eigenvalue weighted by Crippen LogP contribution is -2.26. The van der Waals surface area contributed by atoms with Gasteiger partial charge < -0.3 is 5.32 Å². The molecule has 0 aliphatic heterocycles. The molecule has 0 aliphatic rings. The van der Waals surface area contributed by atoms with E-state index in [1.54, 1.807) is 4.68 Å². The molecule has 2 aromatic rings. The van der Waals surface area contributed by atoms with E-state index in [0.717, 1.165) is 5.69 Å². The fourth-order valence-corrected chi connectivity index (χ4v) is 2.09. The summed E-state index contributed by atoms with van der Waals surface area (Å²) in [5.41, 5.74) is 1.20. The Kier molecular flexibility index (Phi) is 4.31. The van der Waals surface area contributed by atoms with Gasteiger partial charge >= 0.3 is 0 Å². The van der Waals surface area contributed by atoms with Crippen molar-refractivity contribution in [2.75, 3.05) is 6.54 Å². The van der Waals surface area contributed by atoms with Crippen molar-refractivity contribution >= 4 is 21.8 Å². The third kappa shape index (κ3) is 3.64. The topological polar surface area (TPSA) is 46.9 Å². The average Bonchev–Trinajstić information content (AvgIpc) is 2.78. The molecule has 1 N–H and O–H groups in total. The summed E-state index contributed by atoms with van der Waals surface area (Å²) in [6, 6.07) is 5.92. The van der Waals surface area contributed by atoms with Gasteiger partial charge in [0.1, 0.15) is 5.82 Å². The zero-order valence-electron chi connectivity index (χ0n) is 10.4. The van der Waals surface area contributed by atoms with Crippen LogP contribution in [0.1, 0.15) is 16.1 Å². The summed E-state index contributed by atoms with van der Waals surface area (Å²) in [5.74, 6) is -0.736. The van der Waals surface area contributed by atoms with Crippen LogP contribution in [0.15, 0.2) is 34.9 Å². The smallest absolute Gasteiger partial charge is 0.252 e. The van der Waals surface area contributed by atoms with Crippen LogP contribution in [0.3, 0.4) is 0 Å². The molecule has 1 aromatic carbocycles. The number of carbonyl (C=O) groups is 1. The van der Waals surface area contributed by atoms with Crippen molar-refractivity contribution in [2.24, 2.45) is 7.05 Å². The zero-order valence-corrected chi connectivity index (χ0v) is 11.9. The summed E-state index contributed by atoms with van der Waals surface area (Å²) in [7, 11) is 1.84. The maximum Gasteiger partial charge on any atom is 0.252 e. The number of nitrogens with zero attached hydrogens (tertiary/aromatic N) is 2. The third-order valence-electron chi connectivity index (χ3n) is 2.61. The van der Waals surface area contributed by atoms with Gasteiger partial charge in [-0.15, -0.1) is 0 Å². The lowest BCUT2D eigenvalue weighted by atomic mass is 10.2. The Hall–Kier alpha value is -1.69. The number of benzene rings is 1. The van der Waals surface area contributed by atoms with E-state index < -0.39 is 5.82 Å². The number of halogens is 2. The van der Waals surface area contributed by atoms with Crippen molar-refractivity contribution in [3.63, 3.8) is 0 Å². The van der Waals surface area contributed by atoms with Gasteiger partial charge in [0.05, 0.1) is 11.3 Å². The molecule has 0 bridgehead atoms. The van der Waals surface area contributed by atoms with Crippen LogP contribution in [0.25, 0.3) is 0 Å². The average molecular weight is 326 g/mol. The second kappa shape index (κ2) is 5.97. The molecular formula is C13H13BrFN3O. The van der Waals surface area contributed by atoms with Crippen molar-refractivity contribution in [1.82, 2.24) is 15.1 Å². The Morgan fingerprint density at radius 3 is 2.95 bits per heavy atom. The van der Waals surface area contributed by atoms with Crippen LogP contribution in [0.4, 0.5) is 4.39 Å². The molecule has 2 rings (SSSR count). The molecule has 0 fully saturated rings. The van der Waals surface area contributed by atoms with E-state index in [2.05, 4.69) is 26.3 Å². The molecule has 0 unspecified atom stereocenters. The first kappa shape index (κ1) is 13.7. The summed E-state index contributed by atoms with van der Waals surface area (Å²) in [4.78, 5) is 11.9. The van der Waals surface area contributed by atoms with Gasteiger partial charge in [-0.2, -0.15) is 5.10 Å². The van der Waals surface area contributed by atoms with Crippen LogP contribution in [-0.4, -0.2) is 22.2 Å². The SMILES string of the molecule is Cn1ccc(CCNC(=O)c2cc(F)ccc2Br)n1. The first-order chi connectivity index (χ1) is 9.06. The Bertz CT molecular complexity index is 597. The number of rotatable bonds is 4. The van der Waals surface area contributed by atoms with E-state index in [1.807, 2.05) is 19.3 Å². The molecule has 1 heterocycles. The summed E-state index contributed by atoms with van der Waals surface area (Å²) in [5, 5.41) is 6.95. The first-order valence-electron chi connectivity index (χ1n) is 5.78. The summed E-state index contributed by atoms with van der Waals surface area (Å²) >= 11 is 3.23. The molecule has 1 aromatic heterocycles. The van der Waals surface area contributed by atoms with Crippen molar-refractivity contribution in [2.45, 2.75) is 6.42 Å². The second-order valence-corrected chi connectivity index (χ2v) is 4.97. The molecule has 0 saturated carbocycles.